The van der Waals surface area contributed by atoms with E-state index in [9.17, 15) is 4.79 Å². The van der Waals surface area contributed by atoms with Gasteiger partial charge in [0.1, 0.15) is 0 Å². The summed E-state index contributed by atoms with van der Waals surface area (Å²) >= 11 is 0. The normalized spacial score (nSPS) is 17.0. The summed E-state index contributed by atoms with van der Waals surface area (Å²) in [5, 5.41) is 3.15. The monoisotopic (exact) mass is 334 g/mol. The summed E-state index contributed by atoms with van der Waals surface area (Å²) in [6, 6.07) is 6.62. The number of likely N-dealkylation sites (N-methyl/N-ethyl adjacent to an activating group) is 1. The van der Waals surface area contributed by atoms with Gasteiger partial charge in [-0.25, -0.2) is 0 Å². The van der Waals surface area contributed by atoms with Crippen LogP contribution in [0.1, 0.15) is 47.3 Å². The number of aryl methyl sites for hydroxylation is 1. The van der Waals surface area contributed by atoms with Crippen LogP contribution in [0, 0.1) is 6.92 Å². The molecule has 0 aliphatic carbocycles. The molecule has 1 aromatic carbocycles. The fourth-order valence-electron chi connectivity index (χ4n) is 2.93. The Labute approximate surface area is 145 Å². The van der Waals surface area contributed by atoms with E-state index in [0.717, 1.165) is 49.3 Å². The molecular formula is C19H30N2O3. The SMILES string of the molecule is COCCN(C)C(C)c1ccc(C)c(C(=O)NC2CCOCC2)c1. The Morgan fingerprint density at radius 3 is 2.79 bits per heavy atom. The number of carbonyl (C=O) groups excluding carboxylic acids is 1. The predicted molar refractivity (Wildman–Crippen MR) is 95.4 cm³/mol. The minimum absolute atomic E-state index is 0.0213. The summed E-state index contributed by atoms with van der Waals surface area (Å²) < 4.78 is 10.5. The van der Waals surface area contributed by atoms with Gasteiger partial charge in [0.25, 0.3) is 5.91 Å². The summed E-state index contributed by atoms with van der Waals surface area (Å²) in [6.45, 7) is 7.15. The van der Waals surface area contributed by atoms with Gasteiger partial charge in [-0.15, -0.1) is 0 Å². The largest absolute Gasteiger partial charge is 0.383 e. The number of ether oxygens (including phenoxy) is 2. The number of rotatable bonds is 7. The van der Waals surface area contributed by atoms with Crippen LogP contribution in [0.5, 0.6) is 0 Å². The highest BCUT2D eigenvalue weighted by Gasteiger charge is 2.19. The second-order valence-electron chi connectivity index (χ2n) is 6.58. The lowest BCUT2D eigenvalue weighted by Gasteiger charge is -2.26. The summed E-state index contributed by atoms with van der Waals surface area (Å²) in [5.41, 5.74) is 2.93. The van der Waals surface area contributed by atoms with Crippen LogP contribution in [-0.4, -0.2) is 57.4 Å². The van der Waals surface area contributed by atoms with E-state index in [4.69, 9.17) is 9.47 Å². The highest BCUT2D eigenvalue weighted by Crippen LogP contribution is 2.22. The number of carbonyl (C=O) groups is 1. The van der Waals surface area contributed by atoms with E-state index in [0.29, 0.717) is 6.61 Å². The van der Waals surface area contributed by atoms with Gasteiger partial charge in [0.2, 0.25) is 0 Å². The maximum atomic E-state index is 12.7. The minimum atomic E-state index is 0.0213. The van der Waals surface area contributed by atoms with Crippen molar-refractivity contribution in [3.05, 3.63) is 34.9 Å². The van der Waals surface area contributed by atoms with Gasteiger partial charge >= 0.3 is 0 Å². The van der Waals surface area contributed by atoms with Gasteiger partial charge in [-0.2, -0.15) is 0 Å². The third-order valence-electron chi connectivity index (χ3n) is 4.85. The molecule has 0 radical (unpaired) electrons. The van der Waals surface area contributed by atoms with Crippen LogP contribution in [0.2, 0.25) is 0 Å². The van der Waals surface area contributed by atoms with Crippen molar-refractivity contribution in [3.63, 3.8) is 0 Å². The van der Waals surface area contributed by atoms with Gasteiger partial charge in [0.15, 0.2) is 0 Å². The van der Waals surface area contributed by atoms with Gasteiger partial charge in [0.05, 0.1) is 6.61 Å². The highest BCUT2D eigenvalue weighted by atomic mass is 16.5. The fourth-order valence-corrected chi connectivity index (χ4v) is 2.93. The molecule has 0 spiro atoms. The molecule has 1 fully saturated rings. The first kappa shape index (κ1) is 18.9. The second-order valence-corrected chi connectivity index (χ2v) is 6.58. The van der Waals surface area contributed by atoms with Crippen LogP contribution in [-0.2, 0) is 9.47 Å². The molecule has 1 aliphatic heterocycles. The summed E-state index contributed by atoms with van der Waals surface area (Å²) in [4.78, 5) is 14.9. The van der Waals surface area contributed by atoms with E-state index in [2.05, 4.69) is 30.3 Å². The first-order valence-corrected chi connectivity index (χ1v) is 8.71. The standard InChI is InChI=1S/C19H30N2O3/c1-14-5-6-16(15(2)21(3)9-12-23-4)13-18(14)19(22)20-17-7-10-24-11-8-17/h5-6,13,15,17H,7-12H2,1-4H3,(H,20,22). The van der Waals surface area contributed by atoms with E-state index in [1.54, 1.807) is 7.11 Å². The molecule has 5 heteroatoms. The molecule has 1 aromatic rings. The van der Waals surface area contributed by atoms with Crippen molar-refractivity contribution in [1.29, 1.82) is 0 Å². The Bertz CT molecular complexity index is 541. The van der Waals surface area contributed by atoms with E-state index in [-0.39, 0.29) is 18.0 Å². The summed E-state index contributed by atoms with van der Waals surface area (Å²) in [7, 11) is 3.79. The number of hydrogen-bond donors (Lipinski definition) is 1. The molecule has 2 rings (SSSR count). The molecule has 1 heterocycles. The van der Waals surface area contributed by atoms with E-state index >= 15 is 0 Å². The quantitative estimate of drug-likeness (QED) is 0.832. The van der Waals surface area contributed by atoms with Gasteiger partial charge in [-0.05, 0) is 50.9 Å². The van der Waals surface area contributed by atoms with Crippen molar-refractivity contribution >= 4 is 5.91 Å². The number of hydrogen-bond acceptors (Lipinski definition) is 4. The summed E-state index contributed by atoms with van der Waals surface area (Å²) in [6.07, 6.45) is 1.78. The molecule has 1 saturated heterocycles. The zero-order valence-electron chi connectivity index (χ0n) is 15.3. The lowest BCUT2D eigenvalue weighted by molar-refractivity contribution is 0.0696. The van der Waals surface area contributed by atoms with Gasteiger partial charge in [-0.1, -0.05) is 12.1 Å². The van der Waals surface area contributed by atoms with Gasteiger partial charge in [0, 0.05) is 44.5 Å². The van der Waals surface area contributed by atoms with Crippen molar-refractivity contribution in [2.45, 2.75) is 38.8 Å². The van der Waals surface area contributed by atoms with Gasteiger partial charge in [-0.3, -0.25) is 9.69 Å². The molecule has 1 atom stereocenters. The second kappa shape index (κ2) is 9.16. The molecule has 1 N–H and O–H groups in total. The Morgan fingerprint density at radius 2 is 2.12 bits per heavy atom. The molecule has 5 nitrogen and oxygen atoms in total. The molecule has 1 aliphatic rings. The average Bonchev–Trinajstić information content (AvgIpc) is 2.60. The molecular weight excluding hydrogens is 304 g/mol. The van der Waals surface area contributed by atoms with E-state index < -0.39 is 0 Å². The molecule has 0 aromatic heterocycles. The first-order chi connectivity index (χ1) is 11.5. The Morgan fingerprint density at radius 1 is 1.42 bits per heavy atom. The van der Waals surface area contributed by atoms with Crippen LogP contribution in [0.3, 0.4) is 0 Å². The zero-order chi connectivity index (χ0) is 17.5. The molecule has 24 heavy (non-hydrogen) atoms. The van der Waals surface area contributed by atoms with Crippen molar-refractivity contribution < 1.29 is 14.3 Å². The van der Waals surface area contributed by atoms with Gasteiger partial charge < -0.3 is 14.8 Å². The maximum absolute atomic E-state index is 12.7. The molecule has 0 saturated carbocycles. The van der Waals surface area contributed by atoms with Crippen LogP contribution >= 0.6 is 0 Å². The Balaban J connectivity index is 2.07. The molecule has 134 valence electrons. The van der Waals surface area contributed by atoms with Crippen molar-refractivity contribution in [1.82, 2.24) is 10.2 Å². The summed E-state index contributed by atoms with van der Waals surface area (Å²) in [5.74, 6) is 0.0213. The van der Waals surface area contributed by atoms with Crippen molar-refractivity contribution in [3.8, 4) is 0 Å². The molecule has 0 bridgehead atoms. The van der Waals surface area contributed by atoms with Crippen LogP contribution in [0.15, 0.2) is 18.2 Å². The topological polar surface area (TPSA) is 50.8 Å². The molecule has 1 amide bonds. The third-order valence-corrected chi connectivity index (χ3v) is 4.85. The van der Waals surface area contributed by atoms with Crippen LogP contribution in [0.4, 0.5) is 0 Å². The fraction of sp³-hybridized carbons (Fsp3) is 0.632. The van der Waals surface area contributed by atoms with E-state index in [1.165, 1.54) is 0 Å². The maximum Gasteiger partial charge on any atom is 0.251 e. The number of methoxy groups -OCH3 is 1. The van der Waals surface area contributed by atoms with Crippen LogP contribution < -0.4 is 5.32 Å². The number of benzene rings is 1. The Hall–Kier alpha value is -1.43. The van der Waals surface area contributed by atoms with Crippen molar-refractivity contribution in [2.75, 3.05) is 40.5 Å². The lowest BCUT2D eigenvalue weighted by atomic mass is 9.99. The average molecular weight is 334 g/mol. The smallest absolute Gasteiger partial charge is 0.251 e. The highest BCUT2D eigenvalue weighted by molar-refractivity contribution is 5.96. The first-order valence-electron chi connectivity index (χ1n) is 8.71. The third kappa shape index (κ3) is 5.03. The predicted octanol–water partition coefficient (Wildman–Crippen LogP) is 2.54. The number of amides is 1. The number of nitrogens with zero attached hydrogens (tertiary/aromatic N) is 1. The van der Waals surface area contributed by atoms with Crippen LogP contribution in [0.25, 0.3) is 0 Å². The lowest BCUT2D eigenvalue weighted by Crippen LogP contribution is -2.39. The van der Waals surface area contributed by atoms with Crippen molar-refractivity contribution in [2.24, 2.45) is 0 Å². The zero-order valence-corrected chi connectivity index (χ0v) is 15.3. The molecule has 1 unspecified atom stereocenters. The number of nitrogens with one attached hydrogen (secondary N) is 1. The van der Waals surface area contributed by atoms with E-state index in [1.807, 2.05) is 19.1 Å². The Kier molecular flexibility index (Phi) is 7.21. The minimum Gasteiger partial charge on any atom is -0.383 e.